The van der Waals surface area contributed by atoms with Crippen LogP contribution in [0.15, 0.2) is 0 Å². The second-order valence-corrected chi connectivity index (χ2v) is 5.22. The molecule has 0 aromatic carbocycles. The molecule has 0 aliphatic carbocycles. The van der Waals surface area contributed by atoms with E-state index in [2.05, 4.69) is 5.32 Å². The van der Waals surface area contributed by atoms with Gasteiger partial charge in [0.05, 0.1) is 12.6 Å². The fraction of sp³-hybridized carbons (Fsp3) is 0.917. The normalized spacial score (nSPS) is 24.0. The molecule has 1 unspecified atom stereocenters. The number of piperidine rings is 1. The molecule has 2 aliphatic rings. The van der Waals surface area contributed by atoms with Crippen molar-refractivity contribution >= 4 is 30.7 Å². The van der Waals surface area contributed by atoms with Crippen LogP contribution in [0.4, 0.5) is 13.2 Å². The Morgan fingerprint density at radius 2 is 1.71 bits per heavy atom. The molecule has 2 aliphatic heterocycles. The average Bonchev–Trinajstić information content (AvgIpc) is 2.38. The summed E-state index contributed by atoms with van der Waals surface area (Å²) in [7, 11) is 0. The molecule has 2 fully saturated rings. The summed E-state index contributed by atoms with van der Waals surface area (Å²) in [5.74, 6) is 0.0476. The van der Waals surface area contributed by atoms with E-state index in [-0.39, 0.29) is 36.8 Å². The van der Waals surface area contributed by atoms with E-state index in [9.17, 15) is 18.0 Å². The molecule has 1 N–H and O–H groups in total. The Hall–Kier alpha value is -0.240. The summed E-state index contributed by atoms with van der Waals surface area (Å²) in [5, 5.41) is 3.18. The number of alkyl halides is 3. The molecule has 0 spiro atoms. The predicted molar refractivity (Wildman–Crippen MR) is 79.2 cm³/mol. The van der Waals surface area contributed by atoms with Crippen LogP contribution in [-0.4, -0.2) is 67.2 Å². The van der Waals surface area contributed by atoms with Crippen molar-refractivity contribution in [3.63, 3.8) is 0 Å². The fourth-order valence-corrected chi connectivity index (χ4v) is 2.66. The van der Waals surface area contributed by atoms with Gasteiger partial charge in [-0.3, -0.25) is 9.69 Å². The highest BCUT2D eigenvalue weighted by Crippen LogP contribution is 2.18. The van der Waals surface area contributed by atoms with Crippen molar-refractivity contribution in [1.82, 2.24) is 15.1 Å². The zero-order valence-corrected chi connectivity index (χ0v) is 13.3. The topological polar surface area (TPSA) is 35.6 Å². The van der Waals surface area contributed by atoms with Gasteiger partial charge in [-0.1, -0.05) is 6.42 Å². The lowest BCUT2D eigenvalue weighted by atomic mass is 10.0. The lowest BCUT2D eigenvalue weighted by Crippen LogP contribution is -2.55. The number of carbonyl (C=O) groups excluding carboxylic acids is 1. The Labute approximate surface area is 135 Å². The molecule has 1 amide bonds. The maximum Gasteiger partial charge on any atom is 0.401 e. The zero-order valence-electron chi connectivity index (χ0n) is 11.7. The number of rotatable bonds is 2. The highest BCUT2D eigenvalue weighted by molar-refractivity contribution is 5.85. The second-order valence-electron chi connectivity index (χ2n) is 5.22. The highest BCUT2D eigenvalue weighted by atomic mass is 35.5. The fourth-order valence-electron chi connectivity index (χ4n) is 2.66. The van der Waals surface area contributed by atoms with Gasteiger partial charge in [0.1, 0.15) is 0 Å². The quantitative estimate of drug-likeness (QED) is 0.822. The molecule has 0 bridgehead atoms. The van der Waals surface area contributed by atoms with Gasteiger partial charge >= 0.3 is 6.18 Å². The predicted octanol–water partition coefficient (Wildman–Crippen LogP) is 1.68. The van der Waals surface area contributed by atoms with Crippen molar-refractivity contribution in [1.29, 1.82) is 0 Å². The molecule has 0 aromatic heterocycles. The van der Waals surface area contributed by atoms with Crippen LogP contribution in [0, 0.1) is 0 Å². The minimum absolute atomic E-state index is 0. The summed E-state index contributed by atoms with van der Waals surface area (Å²) >= 11 is 0. The smallest absolute Gasteiger partial charge is 0.339 e. The highest BCUT2D eigenvalue weighted by Gasteiger charge is 2.34. The van der Waals surface area contributed by atoms with Crippen LogP contribution >= 0.6 is 24.8 Å². The molecule has 9 heteroatoms. The molecule has 21 heavy (non-hydrogen) atoms. The van der Waals surface area contributed by atoms with Crippen molar-refractivity contribution in [2.45, 2.75) is 31.5 Å². The third-order valence-electron chi connectivity index (χ3n) is 3.70. The molecule has 4 nitrogen and oxygen atoms in total. The van der Waals surface area contributed by atoms with Crippen LogP contribution in [0.1, 0.15) is 19.3 Å². The number of hydrogen-bond acceptors (Lipinski definition) is 3. The lowest BCUT2D eigenvalue weighted by Gasteiger charge is -2.37. The van der Waals surface area contributed by atoms with Gasteiger partial charge in [-0.2, -0.15) is 13.2 Å². The van der Waals surface area contributed by atoms with Crippen molar-refractivity contribution in [2.75, 3.05) is 39.3 Å². The molecule has 2 heterocycles. The van der Waals surface area contributed by atoms with E-state index in [1.54, 1.807) is 4.90 Å². The van der Waals surface area contributed by atoms with Crippen LogP contribution in [-0.2, 0) is 4.79 Å². The van der Waals surface area contributed by atoms with Crippen molar-refractivity contribution < 1.29 is 18.0 Å². The summed E-state index contributed by atoms with van der Waals surface area (Å²) in [4.78, 5) is 15.2. The van der Waals surface area contributed by atoms with Crippen LogP contribution in [0.3, 0.4) is 0 Å². The maximum absolute atomic E-state index is 12.3. The monoisotopic (exact) mass is 351 g/mol. The van der Waals surface area contributed by atoms with E-state index in [4.69, 9.17) is 0 Å². The molecular formula is C12H22Cl2F3N3O. The first kappa shape index (κ1) is 20.8. The number of nitrogens with one attached hydrogen (secondary N) is 1. The van der Waals surface area contributed by atoms with Crippen LogP contribution < -0.4 is 5.32 Å². The third-order valence-corrected chi connectivity index (χ3v) is 3.70. The summed E-state index contributed by atoms with van der Waals surface area (Å²) in [5.41, 5.74) is 0. The SMILES string of the molecule is Cl.Cl.O=C(C1CCCCN1)N1CCN(CC(F)(F)F)CC1. The summed E-state index contributed by atoms with van der Waals surface area (Å²) in [6, 6.07) is -0.136. The van der Waals surface area contributed by atoms with Gasteiger partial charge in [0.25, 0.3) is 0 Å². The number of halogens is 5. The van der Waals surface area contributed by atoms with Gasteiger partial charge in [0, 0.05) is 26.2 Å². The molecule has 0 aromatic rings. The summed E-state index contributed by atoms with van der Waals surface area (Å²) < 4.78 is 36.8. The minimum atomic E-state index is -4.16. The molecule has 1 atom stereocenters. The standard InChI is InChI=1S/C12H20F3N3O.2ClH/c13-12(14,15)9-17-5-7-18(8-6-17)11(19)10-3-1-2-4-16-10;;/h10,16H,1-9H2;2*1H. The van der Waals surface area contributed by atoms with Crippen molar-refractivity contribution in [3.8, 4) is 0 Å². The minimum Gasteiger partial charge on any atom is -0.339 e. The van der Waals surface area contributed by atoms with Gasteiger partial charge in [0.15, 0.2) is 0 Å². The van der Waals surface area contributed by atoms with E-state index in [1.165, 1.54) is 4.90 Å². The van der Waals surface area contributed by atoms with Crippen LogP contribution in [0.25, 0.3) is 0 Å². The number of hydrogen-bond donors (Lipinski definition) is 1. The Kier molecular flexibility index (Phi) is 8.92. The van der Waals surface area contributed by atoms with Gasteiger partial charge in [-0.15, -0.1) is 24.8 Å². The average molecular weight is 352 g/mol. The molecule has 126 valence electrons. The Morgan fingerprint density at radius 3 is 2.19 bits per heavy atom. The summed E-state index contributed by atoms with van der Waals surface area (Å²) in [6.45, 7) is 1.37. The van der Waals surface area contributed by atoms with E-state index < -0.39 is 12.7 Å². The Balaban J connectivity index is 0.00000200. The first-order valence-corrected chi connectivity index (χ1v) is 6.77. The Morgan fingerprint density at radius 1 is 1.10 bits per heavy atom. The van der Waals surface area contributed by atoms with Gasteiger partial charge < -0.3 is 10.2 Å². The van der Waals surface area contributed by atoms with Crippen LogP contribution in [0.5, 0.6) is 0 Å². The number of piperazine rings is 1. The molecule has 0 radical (unpaired) electrons. The van der Waals surface area contributed by atoms with Crippen LogP contribution in [0.2, 0.25) is 0 Å². The van der Waals surface area contributed by atoms with E-state index in [1.807, 2.05) is 0 Å². The second kappa shape index (κ2) is 9.02. The Bertz CT molecular complexity index is 317. The van der Waals surface area contributed by atoms with E-state index in [0.29, 0.717) is 26.2 Å². The lowest BCUT2D eigenvalue weighted by molar-refractivity contribution is -0.152. The molecule has 2 saturated heterocycles. The number of carbonyl (C=O) groups is 1. The number of nitrogens with zero attached hydrogens (tertiary/aromatic N) is 2. The molecular weight excluding hydrogens is 330 g/mol. The molecule has 0 saturated carbocycles. The number of amides is 1. The van der Waals surface area contributed by atoms with E-state index >= 15 is 0 Å². The largest absolute Gasteiger partial charge is 0.401 e. The van der Waals surface area contributed by atoms with Crippen molar-refractivity contribution in [3.05, 3.63) is 0 Å². The zero-order chi connectivity index (χ0) is 13.9. The third kappa shape index (κ3) is 6.59. The maximum atomic E-state index is 12.3. The van der Waals surface area contributed by atoms with E-state index in [0.717, 1.165) is 25.8 Å². The molecule has 2 rings (SSSR count). The van der Waals surface area contributed by atoms with Gasteiger partial charge in [0.2, 0.25) is 5.91 Å². The summed E-state index contributed by atoms with van der Waals surface area (Å²) in [6.07, 6.45) is -1.20. The van der Waals surface area contributed by atoms with Gasteiger partial charge in [-0.05, 0) is 19.4 Å². The van der Waals surface area contributed by atoms with Gasteiger partial charge in [-0.25, -0.2) is 0 Å². The first-order valence-electron chi connectivity index (χ1n) is 6.77. The first-order chi connectivity index (χ1) is 8.96. The van der Waals surface area contributed by atoms with Crippen molar-refractivity contribution in [2.24, 2.45) is 0 Å².